The highest BCUT2D eigenvalue weighted by Gasteiger charge is 2.25. The Bertz CT molecular complexity index is 1640. The van der Waals surface area contributed by atoms with E-state index in [0.717, 1.165) is 42.2 Å². The number of rotatable bonds is 5. The van der Waals surface area contributed by atoms with E-state index in [1.807, 2.05) is 12.1 Å². The van der Waals surface area contributed by atoms with Crippen LogP contribution in [-0.4, -0.2) is 90.1 Å². The van der Waals surface area contributed by atoms with Crippen LogP contribution in [0.5, 0.6) is 17.2 Å². The van der Waals surface area contributed by atoms with Crippen molar-refractivity contribution in [2.75, 3.05) is 80.7 Å². The van der Waals surface area contributed by atoms with Gasteiger partial charge < -0.3 is 34.6 Å². The number of halogens is 2. The molecule has 2 aromatic carbocycles. The van der Waals surface area contributed by atoms with Crippen LogP contribution in [0.3, 0.4) is 0 Å². The number of piperidine rings is 1. The fourth-order valence-electron chi connectivity index (χ4n) is 5.33. The summed E-state index contributed by atoms with van der Waals surface area (Å²) < 4.78 is 59.6. The van der Waals surface area contributed by atoms with Crippen LogP contribution < -0.4 is 34.0 Å². The summed E-state index contributed by atoms with van der Waals surface area (Å²) in [6, 6.07) is 6.96. The van der Waals surface area contributed by atoms with Gasteiger partial charge in [-0.25, -0.2) is 17.8 Å². The second kappa shape index (κ2) is 13.8. The first-order valence-corrected chi connectivity index (χ1v) is 17.3. The summed E-state index contributed by atoms with van der Waals surface area (Å²) >= 11 is 3.45. The number of sulfonamides is 1. The molecule has 0 saturated carbocycles. The van der Waals surface area contributed by atoms with E-state index >= 15 is 4.39 Å². The van der Waals surface area contributed by atoms with E-state index in [4.69, 9.17) is 14.2 Å². The summed E-state index contributed by atoms with van der Waals surface area (Å²) in [7, 11) is 3.54. The van der Waals surface area contributed by atoms with Gasteiger partial charge in [-0.1, -0.05) is 0 Å². The van der Waals surface area contributed by atoms with E-state index in [1.165, 1.54) is 25.4 Å². The molecule has 3 aliphatic rings. The molecule has 3 aromatic rings. The van der Waals surface area contributed by atoms with Gasteiger partial charge >= 0.3 is 0 Å². The van der Waals surface area contributed by atoms with Crippen LogP contribution in [-0.2, 0) is 10.0 Å². The largest absolute Gasteiger partial charge is 0.494 e. The first-order valence-electron chi connectivity index (χ1n) is 14.7. The molecule has 6 bridgehead atoms. The Morgan fingerprint density at radius 1 is 1.02 bits per heavy atom. The molecular weight excluding hydrogens is 669 g/mol. The van der Waals surface area contributed by atoms with Crippen LogP contribution in [0.25, 0.3) is 0 Å². The zero-order valence-electron chi connectivity index (χ0n) is 26.1. The number of hydrogen-bond donors (Lipinski definition) is 2. The second-order valence-electron chi connectivity index (χ2n) is 11.3. The third kappa shape index (κ3) is 7.64. The van der Waals surface area contributed by atoms with Gasteiger partial charge in [0.1, 0.15) is 17.3 Å². The molecule has 0 amide bonds. The Kier molecular flexibility index (Phi) is 10.1. The van der Waals surface area contributed by atoms with E-state index in [2.05, 4.69) is 60.4 Å². The van der Waals surface area contributed by atoms with Crippen molar-refractivity contribution in [3.63, 3.8) is 0 Å². The van der Waals surface area contributed by atoms with E-state index in [0.29, 0.717) is 47.1 Å². The summed E-state index contributed by atoms with van der Waals surface area (Å²) in [6.45, 7) is 2.39. The van der Waals surface area contributed by atoms with Crippen molar-refractivity contribution in [1.29, 1.82) is 0 Å². The van der Waals surface area contributed by atoms with Crippen molar-refractivity contribution in [2.45, 2.75) is 31.7 Å². The molecule has 244 valence electrons. The van der Waals surface area contributed by atoms with E-state index in [-0.39, 0.29) is 35.5 Å². The molecule has 0 unspecified atom stereocenters. The van der Waals surface area contributed by atoms with Crippen molar-refractivity contribution >= 4 is 60.5 Å². The average molecular weight is 709 g/mol. The van der Waals surface area contributed by atoms with Gasteiger partial charge in [-0.2, -0.15) is 4.98 Å². The maximum atomic E-state index is 15.2. The van der Waals surface area contributed by atoms with Crippen molar-refractivity contribution in [3.05, 3.63) is 40.8 Å². The summed E-state index contributed by atoms with van der Waals surface area (Å²) in [5.41, 5.74) is 1.92. The monoisotopic (exact) mass is 707 g/mol. The molecule has 3 aliphatic heterocycles. The van der Waals surface area contributed by atoms with Gasteiger partial charge in [-0.05, 0) is 55.7 Å². The molecule has 2 N–H and O–H groups in total. The summed E-state index contributed by atoms with van der Waals surface area (Å²) in [5, 5.41) is 6.30. The Morgan fingerprint density at radius 3 is 2.36 bits per heavy atom. The van der Waals surface area contributed by atoms with Gasteiger partial charge in [-0.3, -0.25) is 4.31 Å². The van der Waals surface area contributed by atoms with Gasteiger partial charge in [0.15, 0.2) is 11.6 Å². The highest BCUT2D eigenvalue weighted by molar-refractivity contribution is 9.10. The molecule has 45 heavy (non-hydrogen) atoms. The first kappa shape index (κ1) is 32.8. The summed E-state index contributed by atoms with van der Waals surface area (Å²) in [4.78, 5) is 13.6. The molecule has 0 spiro atoms. The predicted octanol–water partition coefficient (Wildman–Crippen LogP) is 5.35. The highest BCUT2D eigenvalue weighted by Crippen LogP contribution is 2.42. The van der Waals surface area contributed by atoms with Crippen LogP contribution in [0.4, 0.5) is 38.9 Å². The van der Waals surface area contributed by atoms with Crippen LogP contribution >= 0.6 is 15.9 Å². The van der Waals surface area contributed by atoms with E-state index < -0.39 is 15.8 Å². The number of aromatic nitrogens is 2. The number of benzene rings is 2. The molecular formula is C30H39BrFN7O5S. The Balaban J connectivity index is 1.54. The number of nitrogens with zero attached hydrogens (tertiary/aromatic N) is 5. The first-order chi connectivity index (χ1) is 21.4. The quantitative estimate of drug-likeness (QED) is 0.357. The SMILES string of the molecule is COc1cc(N2CCC(N(C)C)CC2)c2cc1Nc1ncc(Br)c(n1)Nc1cc(F)c(cc1N(C)S(C)(=O)=O)OCCCCO2. The topological polar surface area (TPSA) is 121 Å². The third-order valence-electron chi connectivity index (χ3n) is 8.00. The molecule has 0 aliphatic carbocycles. The lowest BCUT2D eigenvalue weighted by atomic mass is 10.0. The number of nitrogens with one attached hydrogen (secondary N) is 2. The van der Waals surface area contributed by atoms with Gasteiger partial charge in [0.25, 0.3) is 0 Å². The lowest BCUT2D eigenvalue weighted by Crippen LogP contribution is -2.42. The molecule has 0 atom stereocenters. The Labute approximate surface area is 272 Å². The Hall–Kier alpha value is -3.56. The molecule has 4 heterocycles. The minimum absolute atomic E-state index is 0.0552. The standard InChI is InChI=1S/C30H39BrFN7O5S/c1-37(2)19-8-10-39(11-9-19)25-17-27(42-4)23-15-28(25)44-13-7-6-12-43-26-16-24(38(3)45(5,40)41)22(14-21(26)32)34-29-20(31)18-33-30(35-23)36-29/h14-19H,6-13H2,1-5H3,(H2,33,34,35,36). The molecule has 12 nitrogen and oxygen atoms in total. The van der Waals surface area contributed by atoms with Crippen molar-refractivity contribution < 1.29 is 27.0 Å². The highest BCUT2D eigenvalue weighted by atomic mass is 79.9. The lowest BCUT2D eigenvalue weighted by molar-refractivity contribution is 0.247. The number of anilines is 6. The van der Waals surface area contributed by atoms with E-state index in [1.54, 1.807) is 7.11 Å². The molecule has 6 rings (SSSR count). The fraction of sp³-hybridized carbons (Fsp3) is 0.467. The maximum Gasteiger partial charge on any atom is 0.232 e. The molecule has 0 radical (unpaired) electrons. The number of methoxy groups -OCH3 is 1. The Morgan fingerprint density at radius 2 is 1.71 bits per heavy atom. The van der Waals surface area contributed by atoms with Crippen molar-refractivity contribution in [1.82, 2.24) is 14.9 Å². The summed E-state index contributed by atoms with van der Waals surface area (Å²) in [6.07, 6.45) is 5.92. The smallest absolute Gasteiger partial charge is 0.232 e. The number of hydrogen-bond acceptors (Lipinski definition) is 11. The molecule has 1 aromatic heterocycles. The lowest BCUT2D eigenvalue weighted by Gasteiger charge is -2.37. The maximum absolute atomic E-state index is 15.2. The minimum atomic E-state index is -3.69. The normalized spacial score (nSPS) is 16.1. The fourth-order valence-corrected chi connectivity index (χ4v) is 6.12. The zero-order valence-corrected chi connectivity index (χ0v) is 28.5. The zero-order chi connectivity index (χ0) is 32.3. The van der Waals surface area contributed by atoms with Crippen LogP contribution in [0.15, 0.2) is 34.9 Å². The second-order valence-corrected chi connectivity index (χ2v) is 14.1. The number of fused-ring (bicyclic) bond motifs is 7. The summed E-state index contributed by atoms with van der Waals surface area (Å²) in [5.74, 6) is 1.09. The minimum Gasteiger partial charge on any atom is -0.494 e. The van der Waals surface area contributed by atoms with Gasteiger partial charge in [0.05, 0.1) is 53.8 Å². The average Bonchev–Trinajstić information content (AvgIpc) is 3.00. The van der Waals surface area contributed by atoms with E-state index in [9.17, 15) is 8.42 Å². The van der Waals surface area contributed by atoms with Gasteiger partial charge in [-0.15, -0.1) is 0 Å². The van der Waals surface area contributed by atoms with Crippen LogP contribution in [0, 0.1) is 5.82 Å². The predicted molar refractivity (Wildman–Crippen MR) is 178 cm³/mol. The van der Waals surface area contributed by atoms with Gasteiger partial charge in [0, 0.05) is 56.6 Å². The molecule has 1 fully saturated rings. The van der Waals surface area contributed by atoms with Gasteiger partial charge in [0.2, 0.25) is 16.0 Å². The van der Waals surface area contributed by atoms with Crippen LogP contribution in [0.2, 0.25) is 0 Å². The molecule has 15 heteroatoms. The molecule has 1 saturated heterocycles. The van der Waals surface area contributed by atoms with Crippen molar-refractivity contribution in [3.8, 4) is 17.2 Å². The van der Waals surface area contributed by atoms with Crippen LogP contribution in [0.1, 0.15) is 25.7 Å². The number of ether oxygens (including phenoxy) is 3. The van der Waals surface area contributed by atoms with Crippen molar-refractivity contribution in [2.24, 2.45) is 0 Å². The third-order valence-corrected chi connectivity index (χ3v) is 9.77.